The molecule has 1 aliphatic heterocycles. The Hall–Kier alpha value is -3.55. The van der Waals surface area contributed by atoms with Crippen molar-refractivity contribution in [2.75, 3.05) is 26.3 Å². The van der Waals surface area contributed by atoms with Crippen molar-refractivity contribution in [2.45, 2.75) is 117 Å². The van der Waals surface area contributed by atoms with E-state index in [4.69, 9.17) is 18.9 Å². The summed E-state index contributed by atoms with van der Waals surface area (Å²) in [7, 11) is 0. The fraction of sp³-hybridized carbons (Fsp3) is 0.605. The lowest BCUT2D eigenvalue weighted by Crippen LogP contribution is -2.41. The maximum Gasteiger partial charge on any atom is 0.409 e. The van der Waals surface area contributed by atoms with Gasteiger partial charge in [-0.2, -0.15) is 0 Å². The van der Waals surface area contributed by atoms with Gasteiger partial charge >= 0.3 is 18.0 Å². The second kappa shape index (κ2) is 22.1. The number of rotatable bonds is 21. The molecule has 0 unspecified atom stereocenters. The summed E-state index contributed by atoms with van der Waals surface area (Å²) in [4.78, 5) is 39.4. The van der Waals surface area contributed by atoms with Crippen LogP contribution in [0.3, 0.4) is 0 Å². The average molecular weight is 638 g/mol. The molecule has 1 amide bonds. The first-order chi connectivity index (χ1) is 22.5. The first-order valence-electron chi connectivity index (χ1n) is 17.7. The third-order valence-corrected chi connectivity index (χ3v) is 8.42. The number of hydrogen-bond acceptors (Lipinski definition) is 7. The Morgan fingerprint density at radius 1 is 0.609 bits per heavy atom. The van der Waals surface area contributed by atoms with Crippen molar-refractivity contribution in [1.29, 1.82) is 0 Å². The molecule has 8 nitrogen and oxygen atoms in total. The summed E-state index contributed by atoms with van der Waals surface area (Å²) in [5, 5.41) is 0. The SMILES string of the molecule is CCCCCCCCCCOc1ccc(C(=O)Oc2ccc(OC(=O)C3CCN(C(=O)OCCCCCCCC)CC3)cc2)cc1. The van der Waals surface area contributed by atoms with Gasteiger partial charge in [-0.25, -0.2) is 9.59 Å². The van der Waals surface area contributed by atoms with Gasteiger partial charge in [-0.15, -0.1) is 0 Å². The topological polar surface area (TPSA) is 91.4 Å². The lowest BCUT2D eigenvalue weighted by atomic mass is 9.97. The van der Waals surface area contributed by atoms with Crippen LogP contribution in [0.1, 0.15) is 127 Å². The molecule has 8 heteroatoms. The number of benzene rings is 2. The number of piperidine rings is 1. The standard InChI is InChI=1S/C38H55NO7/c1-3-5-7-9-11-12-14-15-29-43-33-19-17-31(18-20-33)36(40)45-34-21-23-35(24-22-34)46-37(41)32-25-27-39(28-26-32)38(42)44-30-16-13-10-8-6-4-2/h17-24,32H,3-16,25-30H2,1-2H3. The summed E-state index contributed by atoms with van der Waals surface area (Å²) < 4.78 is 22.3. The predicted molar refractivity (Wildman–Crippen MR) is 181 cm³/mol. The molecule has 0 saturated carbocycles. The first kappa shape index (κ1) is 36.9. The highest BCUT2D eigenvalue weighted by Crippen LogP contribution is 2.24. The van der Waals surface area contributed by atoms with Crippen molar-refractivity contribution >= 4 is 18.0 Å². The molecule has 1 fully saturated rings. The summed E-state index contributed by atoms with van der Waals surface area (Å²) >= 11 is 0. The Morgan fingerprint density at radius 3 is 1.65 bits per heavy atom. The third kappa shape index (κ3) is 14.3. The Bertz CT molecular complexity index is 1140. The van der Waals surface area contributed by atoms with Gasteiger partial charge in [0.1, 0.15) is 17.2 Å². The molecular formula is C38H55NO7. The van der Waals surface area contributed by atoms with E-state index in [1.54, 1.807) is 53.4 Å². The molecule has 254 valence electrons. The number of likely N-dealkylation sites (tertiary alicyclic amines) is 1. The van der Waals surface area contributed by atoms with E-state index in [-0.39, 0.29) is 18.0 Å². The van der Waals surface area contributed by atoms with Gasteiger partial charge in [-0.05, 0) is 74.2 Å². The first-order valence-corrected chi connectivity index (χ1v) is 17.7. The van der Waals surface area contributed by atoms with Crippen LogP contribution in [0.5, 0.6) is 17.2 Å². The van der Waals surface area contributed by atoms with Gasteiger partial charge in [-0.3, -0.25) is 4.79 Å². The van der Waals surface area contributed by atoms with Crippen LogP contribution in [-0.4, -0.2) is 49.2 Å². The minimum absolute atomic E-state index is 0.285. The van der Waals surface area contributed by atoms with E-state index in [0.717, 1.165) is 25.0 Å². The van der Waals surface area contributed by atoms with Crippen molar-refractivity contribution in [1.82, 2.24) is 4.90 Å². The minimum Gasteiger partial charge on any atom is -0.494 e. The highest BCUT2D eigenvalue weighted by atomic mass is 16.6. The van der Waals surface area contributed by atoms with E-state index < -0.39 is 5.97 Å². The lowest BCUT2D eigenvalue weighted by Gasteiger charge is -2.30. The monoisotopic (exact) mass is 637 g/mol. The Kier molecular flexibility index (Phi) is 17.7. The van der Waals surface area contributed by atoms with E-state index in [0.29, 0.717) is 56.2 Å². The molecule has 1 saturated heterocycles. The largest absolute Gasteiger partial charge is 0.494 e. The normalized spacial score (nSPS) is 13.3. The highest BCUT2D eigenvalue weighted by molar-refractivity contribution is 5.91. The van der Waals surface area contributed by atoms with E-state index in [1.165, 1.54) is 70.6 Å². The molecule has 2 aromatic carbocycles. The molecular weight excluding hydrogens is 582 g/mol. The molecule has 0 N–H and O–H groups in total. The molecule has 3 rings (SSSR count). The second-order valence-electron chi connectivity index (χ2n) is 12.3. The zero-order valence-corrected chi connectivity index (χ0v) is 28.1. The fourth-order valence-corrected chi connectivity index (χ4v) is 5.49. The van der Waals surface area contributed by atoms with Crippen molar-refractivity contribution in [3.8, 4) is 17.2 Å². The van der Waals surface area contributed by atoms with Crippen LogP contribution in [0.4, 0.5) is 4.79 Å². The van der Waals surface area contributed by atoms with Crippen LogP contribution in [0.25, 0.3) is 0 Å². The quantitative estimate of drug-likeness (QED) is 0.0765. The fourth-order valence-electron chi connectivity index (χ4n) is 5.49. The van der Waals surface area contributed by atoms with Gasteiger partial charge in [-0.1, -0.05) is 90.9 Å². The molecule has 2 aromatic rings. The summed E-state index contributed by atoms with van der Waals surface area (Å²) in [6, 6.07) is 13.4. The number of unbranched alkanes of at least 4 members (excludes halogenated alkanes) is 12. The molecule has 0 aliphatic carbocycles. The van der Waals surface area contributed by atoms with Gasteiger partial charge in [0.2, 0.25) is 0 Å². The zero-order valence-electron chi connectivity index (χ0n) is 28.1. The second-order valence-corrected chi connectivity index (χ2v) is 12.3. The van der Waals surface area contributed by atoms with Crippen molar-refractivity contribution in [3.63, 3.8) is 0 Å². The number of ether oxygens (including phenoxy) is 4. The summed E-state index contributed by atoms with van der Waals surface area (Å²) in [6.07, 6.45) is 17.6. The molecule has 46 heavy (non-hydrogen) atoms. The Morgan fingerprint density at radius 2 is 1.09 bits per heavy atom. The third-order valence-electron chi connectivity index (χ3n) is 8.42. The zero-order chi connectivity index (χ0) is 32.8. The molecule has 0 aromatic heterocycles. The van der Waals surface area contributed by atoms with Crippen LogP contribution in [0.2, 0.25) is 0 Å². The number of carbonyl (C=O) groups excluding carboxylic acids is 3. The predicted octanol–water partition coefficient (Wildman–Crippen LogP) is 9.54. The Balaban J connectivity index is 1.30. The molecule has 0 atom stereocenters. The molecule has 1 aliphatic rings. The van der Waals surface area contributed by atoms with Crippen molar-refractivity contribution in [2.24, 2.45) is 5.92 Å². The molecule has 1 heterocycles. The van der Waals surface area contributed by atoms with E-state index in [9.17, 15) is 14.4 Å². The van der Waals surface area contributed by atoms with E-state index in [2.05, 4.69) is 13.8 Å². The van der Waals surface area contributed by atoms with Gasteiger partial charge < -0.3 is 23.8 Å². The van der Waals surface area contributed by atoms with Crippen molar-refractivity contribution in [3.05, 3.63) is 54.1 Å². The van der Waals surface area contributed by atoms with Gasteiger partial charge in [0.05, 0.1) is 24.7 Å². The number of esters is 2. The smallest absolute Gasteiger partial charge is 0.409 e. The average Bonchev–Trinajstić information content (AvgIpc) is 3.08. The van der Waals surface area contributed by atoms with Crippen LogP contribution in [0, 0.1) is 5.92 Å². The van der Waals surface area contributed by atoms with Gasteiger partial charge in [0, 0.05) is 13.1 Å². The van der Waals surface area contributed by atoms with E-state index in [1.807, 2.05) is 0 Å². The lowest BCUT2D eigenvalue weighted by molar-refractivity contribution is -0.140. The van der Waals surface area contributed by atoms with Crippen molar-refractivity contribution < 1.29 is 33.3 Å². The highest BCUT2D eigenvalue weighted by Gasteiger charge is 2.29. The van der Waals surface area contributed by atoms with Crippen LogP contribution in [0.15, 0.2) is 48.5 Å². The summed E-state index contributed by atoms with van der Waals surface area (Å²) in [6.45, 7) is 6.48. The van der Waals surface area contributed by atoms with Crippen LogP contribution < -0.4 is 14.2 Å². The Labute approximate surface area is 276 Å². The maximum absolute atomic E-state index is 12.7. The molecule has 0 radical (unpaired) electrons. The summed E-state index contributed by atoms with van der Waals surface area (Å²) in [5.74, 6) is 0.384. The minimum atomic E-state index is -0.475. The maximum atomic E-state index is 12.7. The summed E-state index contributed by atoms with van der Waals surface area (Å²) in [5.41, 5.74) is 0.424. The van der Waals surface area contributed by atoms with Gasteiger partial charge in [0.15, 0.2) is 0 Å². The number of nitrogens with zero attached hydrogens (tertiary/aromatic N) is 1. The van der Waals surface area contributed by atoms with Gasteiger partial charge in [0.25, 0.3) is 0 Å². The van der Waals surface area contributed by atoms with E-state index >= 15 is 0 Å². The van der Waals surface area contributed by atoms with Crippen LogP contribution in [-0.2, 0) is 9.53 Å². The van der Waals surface area contributed by atoms with Crippen LogP contribution >= 0.6 is 0 Å². The number of hydrogen-bond donors (Lipinski definition) is 0. The number of amides is 1. The molecule has 0 bridgehead atoms. The molecule has 0 spiro atoms. The number of carbonyl (C=O) groups is 3.